The van der Waals surface area contributed by atoms with E-state index in [-0.39, 0.29) is 0 Å². The number of aromatic nitrogens is 1. The Morgan fingerprint density at radius 2 is 2.00 bits per heavy atom. The van der Waals surface area contributed by atoms with Crippen molar-refractivity contribution in [3.8, 4) is 5.19 Å². The summed E-state index contributed by atoms with van der Waals surface area (Å²) in [5.74, 6) is 0. The molecular weight excluding hydrogens is 268 g/mol. The van der Waals surface area contributed by atoms with Gasteiger partial charge in [-0.2, -0.15) is 0 Å². The number of rotatable bonds is 4. The second kappa shape index (κ2) is 6.37. The van der Waals surface area contributed by atoms with Crippen LogP contribution >= 0.6 is 11.3 Å². The number of hydrogen-bond acceptors (Lipinski definition) is 4. The van der Waals surface area contributed by atoms with Crippen molar-refractivity contribution in [3.63, 3.8) is 0 Å². The first-order valence-corrected chi connectivity index (χ1v) is 8.01. The van der Waals surface area contributed by atoms with Gasteiger partial charge in [-0.1, -0.05) is 41.2 Å². The number of thiazole rings is 1. The van der Waals surface area contributed by atoms with Gasteiger partial charge in [0, 0.05) is 31.2 Å². The van der Waals surface area contributed by atoms with E-state index in [1.54, 1.807) is 17.5 Å². The average molecular weight is 288 g/mol. The van der Waals surface area contributed by atoms with Gasteiger partial charge < -0.3 is 4.74 Å². The predicted octanol–water partition coefficient (Wildman–Crippen LogP) is 3.49. The Hall–Kier alpha value is -1.39. The Labute approximate surface area is 124 Å². The highest BCUT2D eigenvalue weighted by Crippen LogP contribution is 2.21. The standard InChI is InChI=1S/C16H20N2OS/c1-13-2-4-14(5-3-13)12-18-9-6-15(7-10-18)19-16-17-8-11-20-16/h2-5,8,11,15H,6-7,9-10,12H2,1H3. The Bertz CT molecular complexity index is 516. The first-order chi connectivity index (χ1) is 9.79. The Morgan fingerprint density at radius 3 is 2.65 bits per heavy atom. The summed E-state index contributed by atoms with van der Waals surface area (Å²) < 4.78 is 5.89. The number of piperidine rings is 1. The molecule has 1 fully saturated rings. The molecule has 4 heteroatoms. The molecule has 2 heterocycles. The molecule has 0 radical (unpaired) electrons. The van der Waals surface area contributed by atoms with Gasteiger partial charge in [-0.15, -0.1) is 0 Å². The monoisotopic (exact) mass is 288 g/mol. The smallest absolute Gasteiger partial charge is 0.273 e. The molecule has 1 aliphatic heterocycles. The van der Waals surface area contributed by atoms with Crippen LogP contribution < -0.4 is 4.74 Å². The van der Waals surface area contributed by atoms with Crippen molar-refractivity contribution in [3.05, 3.63) is 47.0 Å². The van der Waals surface area contributed by atoms with Crippen LogP contribution in [0.15, 0.2) is 35.8 Å². The lowest BCUT2D eigenvalue weighted by molar-refractivity contribution is 0.0965. The van der Waals surface area contributed by atoms with Crippen LogP contribution in [0, 0.1) is 6.92 Å². The maximum absolute atomic E-state index is 5.89. The lowest BCUT2D eigenvalue weighted by Gasteiger charge is -2.31. The van der Waals surface area contributed by atoms with Crippen LogP contribution in [0.1, 0.15) is 24.0 Å². The van der Waals surface area contributed by atoms with Crippen LogP contribution in [-0.4, -0.2) is 29.1 Å². The lowest BCUT2D eigenvalue weighted by atomic mass is 10.1. The lowest BCUT2D eigenvalue weighted by Crippen LogP contribution is -2.37. The molecule has 1 aromatic heterocycles. The summed E-state index contributed by atoms with van der Waals surface area (Å²) in [4.78, 5) is 6.69. The minimum Gasteiger partial charge on any atom is -0.467 e. The van der Waals surface area contributed by atoms with Gasteiger partial charge in [0.2, 0.25) is 0 Å². The molecule has 0 atom stereocenters. The average Bonchev–Trinajstić information content (AvgIpc) is 2.96. The van der Waals surface area contributed by atoms with Crippen molar-refractivity contribution >= 4 is 11.3 Å². The van der Waals surface area contributed by atoms with E-state index in [9.17, 15) is 0 Å². The molecule has 0 bridgehead atoms. The fraction of sp³-hybridized carbons (Fsp3) is 0.438. The zero-order valence-corrected chi connectivity index (χ0v) is 12.6. The van der Waals surface area contributed by atoms with Gasteiger partial charge in [-0.3, -0.25) is 4.90 Å². The molecule has 0 N–H and O–H groups in total. The topological polar surface area (TPSA) is 25.4 Å². The highest BCUT2D eigenvalue weighted by atomic mass is 32.1. The van der Waals surface area contributed by atoms with Gasteiger partial charge in [-0.05, 0) is 25.3 Å². The normalized spacial score (nSPS) is 17.2. The number of ether oxygens (including phenoxy) is 1. The molecule has 0 saturated carbocycles. The largest absolute Gasteiger partial charge is 0.467 e. The second-order valence-corrected chi connectivity index (χ2v) is 6.23. The third-order valence-electron chi connectivity index (χ3n) is 3.74. The third kappa shape index (κ3) is 3.58. The van der Waals surface area contributed by atoms with Crippen molar-refractivity contribution in [2.45, 2.75) is 32.4 Å². The Morgan fingerprint density at radius 1 is 1.25 bits per heavy atom. The molecule has 0 spiro atoms. The van der Waals surface area contributed by atoms with Crippen molar-refractivity contribution in [1.82, 2.24) is 9.88 Å². The SMILES string of the molecule is Cc1ccc(CN2CCC(Oc3nccs3)CC2)cc1. The highest BCUT2D eigenvalue weighted by molar-refractivity contribution is 7.11. The van der Waals surface area contributed by atoms with Gasteiger partial charge >= 0.3 is 0 Å². The van der Waals surface area contributed by atoms with Gasteiger partial charge in [0.15, 0.2) is 0 Å². The molecule has 0 aliphatic carbocycles. The number of benzene rings is 1. The van der Waals surface area contributed by atoms with Gasteiger partial charge in [0.05, 0.1) is 0 Å². The van der Waals surface area contributed by atoms with Gasteiger partial charge in [0.1, 0.15) is 6.10 Å². The summed E-state index contributed by atoms with van der Waals surface area (Å²) in [5.41, 5.74) is 2.72. The summed E-state index contributed by atoms with van der Waals surface area (Å²) in [6, 6.07) is 8.84. The maximum Gasteiger partial charge on any atom is 0.273 e. The van der Waals surface area contributed by atoms with Crippen molar-refractivity contribution in [2.24, 2.45) is 0 Å². The summed E-state index contributed by atoms with van der Waals surface area (Å²) in [6.45, 7) is 5.38. The zero-order valence-electron chi connectivity index (χ0n) is 11.8. The van der Waals surface area contributed by atoms with Crippen molar-refractivity contribution < 1.29 is 4.74 Å². The molecule has 0 unspecified atom stereocenters. The summed E-state index contributed by atoms with van der Waals surface area (Å²) >= 11 is 1.57. The molecule has 106 valence electrons. The Balaban J connectivity index is 1.47. The molecule has 1 aliphatic rings. The van der Waals surface area contributed by atoms with Crippen LogP contribution in [0.4, 0.5) is 0 Å². The molecule has 3 nitrogen and oxygen atoms in total. The van der Waals surface area contributed by atoms with Crippen LogP contribution in [0.2, 0.25) is 0 Å². The number of nitrogens with zero attached hydrogens (tertiary/aromatic N) is 2. The fourth-order valence-corrected chi connectivity index (χ4v) is 3.10. The minimum absolute atomic E-state index is 0.329. The summed E-state index contributed by atoms with van der Waals surface area (Å²) in [6.07, 6.45) is 4.30. The third-order valence-corrected chi connectivity index (χ3v) is 4.40. The van der Waals surface area contributed by atoms with Crippen molar-refractivity contribution in [1.29, 1.82) is 0 Å². The van der Waals surface area contributed by atoms with E-state index in [0.717, 1.165) is 37.7 Å². The van der Waals surface area contributed by atoms with E-state index < -0.39 is 0 Å². The Kier molecular flexibility index (Phi) is 4.33. The zero-order chi connectivity index (χ0) is 13.8. The number of aryl methyl sites for hydroxylation is 1. The summed E-state index contributed by atoms with van der Waals surface area (Å²) in [5, 5.41) is 2.77. The molecule has 3 rings (SSSR count). The minimum atomic E-state index is 0.329. The highest BCUT2D eigenvalue weighted by Gasteiger charge is 2.21. The van der Waals surface area contributed by atoms with E-state index in [1.807, 2.05) is 5.38 Å². The predicted molar refractivity (Wildman–Crippen MR) is 82.2 cm³/mol. The first-order valence-electron chi connectivity index (χ1n) is 7.13. The number of hydrogen-bond donors (Lipinski definition) is 0. The maximum atomic E-state index is 5.89. The molecule has 1 aromatic carbocycles. The fourth-order valence-electron chi connectivity index (χ4n) is 2.55. The van der Waals surface area contributed by atoms with Crippen LogP contribution in [-0.2, 0) is 6.54 Å². The molecule has 1 saturated heterocycles. The van der Waals surface area contributed by atoms with E-state index in [2.05, 4.69) is 41.1 Å². The van der Waals surface area contributed by atoms with Crippen LogP contribution in [0.25, 0.3) is 0 Å². The van der Waals surface area contributed by atoms with Gasteiger partial charge in [-0.25, -0.2) is 4.98 Å². The molecular formula is C16H20N2OS. The first kappa shape index (κ1) is 13.6. The second-order valence-electron chi connectivity index (χ2n) is 5.38. The molecule has 2 aromatic rings. The van der Waals surface area contributed by atoms with E-state index >= 15 is 0 Å². The van der Waals surface area contributed by atoms with E-state index in [1.165, 1.54) is 11.1 Å². The van der Waals surface area contributed by atoms with E-state index in [4.69, 9.17) is 4.74 Å². The quantitative estimate of drug-likeness (QED) is 0.861. The van der Waals surface area contributed by atoms with Crippen LogP contribution in [0.5, 0.6) is 5.19 Å². The molecule has 20 heavy (non-hydrogen) atoms. The summed E-state index contributed by atoms with van der Waals surface area (Å²) in [7, 11) is 0. The van der Waals surface area contributed by atoms with E-state index in [0.29, 0.717) is 6.10 Å². The molecule has 0 amide bonds. The van der Waals surface area contributed by atoms with Crippen molar-refractivity contribution in [2.75, 3.05) is 13.1 Å². The van der Waals surface area contributed by atoms with Crippen LogP contribution in [0.3, 0.4) is 0 Å². The number of likely N-dealkylation sites (tertiary alicyclic amines) is 1. The van der Waals surface area contributed by atoms with Gasteiger partial charge in [0.25, 0.3) is 5.19 Å².